The normalized spacial score (nSPS) is 12.7. The van der Waals surface area contributed by atoms with Crippen LogP contribution in [0.15, 0.2) is 194 Å². The molecule has 0 spiro atoms. The number of benzene rings is 8. The first-order valence-electron chi connectivity index (χ1n) is 19.0. The standard InChI is InChI=1S/C53H38N2/c1-53(2)46-25-13-24-45(50(46)51-44-23-10-9-16-37(44)30-31-47(51)53)38-28-26-36(27-29-38)40-19-11-21-42(32-40)49-34-48(39-17-7-4-8-18-39)54-52(55-49)43-22-12-20-41(33-43)35-14-5-3-6-15-35/h3-34H,1-2H3. The molecule has 0 N–H and O–H groups in total. The second kappa shape index (κ2) is 13.2. The molecule has 0 radical (unpaired) electrons. The third kappa shape index (κ3) is 5.75. The zero-order valence-electron chi connectivity index (χ0n) is 30.9. The maximum Gasteiger partial charge on any atom is 0.160 e. The van der Waals surface area contributed by atoms with Crippen molar-refractivity contribution in [3.8, 4) is 78.4 Å². The summed E-state index contributed by atoms with van der Waals surface area (Å²) in [7, 11) is 0. The lowest BCUT2D eigenvalue weighted by atomic mass is 9.81. The van der Waals surface area contributed by atoms with Gasteiger partial charge in [-0.2, -0.15) is 0 Å². The van der Waals surface area contributed by atoms with Gasteiger partial charge >= 0.3 is 0 Å². The molecule has 10 rings (SSSR count). The van der Waals surface area contributed by atoms with Crippen LogP contribution in [0, 0.1) is 0 Å². The molecule has 0 saturated heterocycles. The molecule has 2 heteroatoms. The van der Waals surface area contributed by atoms with Gasteiger partial charge in [-0.1, -0.05) is 190 Å². The van der Waals surface area contributed by atoms with Gasteiger partial charge in [0, 0.05) is 22.1 Å². The van der Waals surface area contributed by atoms with Gasteiger partial charge in [0.25, 0.3) is 0 Å². The van der Waals surface area contributed by atoms with E-state index in [1.807, 2.05) is 12.1 Å². The summed E-state index contributed by atoms with van der Waals surface area (Å²) in [4.78, 5) is 10.3. The Kier molecular flexibility index (Phi) is 7.85. The molecule has 260 valence electrons. The summed E-state index contributed by atoms with van der Waals surface area (Å²) in [5.74, 6) is 0.705. The first kappa shape index (κ1) is 32.7. The van der Waals surface area contributed by atoms with Gasteiger partial charge in [-0.3, -0.25) is 0 Å². The van der Waals surface area contributed by atoms with Gasteiger partial charge in [-0.25, -0.2) is 9.97 Å². The van der Waals surface area contributed by atoms with Crippen molar-refractivity contribution in [3.63, 3.8) is 0 Å². The summed E-state index contributed by atoms with van der Waals surface area (Å²) in [6, 6.07) is 69.5. The van der Waals surface area contributed by atoms with Crippen molar-refractivity contribution in [3.05, 3.63) is 205 Å². The van der Waals surface area contributed by atoms with E-state index in [0.717, 1.165) is 44.8 Å². The average Bonchev–Trinajstić information content (AvgIpc) is 3.50. The van der Waals surface area contributed by atoms with Gasteiger partial charge < -0.3 is 0 Å². The first-order valence-corrected chi connectivity index (χ1v) is 19.0. The van der Waals surface area contributed by atoms with Crippen molar-refractivity contribution in [2.45, 2.75) is 19.3 Å². The number of rotatable bonds is 6. The van der Waals surface area contributed by atoms with E-state index in [4.69, 9.17) is 9.97 Å². The topological polar surface area (TPSA) is 25.8 Å². The van der Waals surface area contributed by atoms with E-state index in [1.165, 1.54) is 49.7 Å². The number of nitrogens with zero attached hydrogens (tertiary/aromatic N) is 2. The lowest BCUT2D eigenvalue weighted by Crippen LogP contribution is -2.14. The van der Waals surface area contributed by atoms with Crippen LogP contribution in [-0.4, -0.2) is 9.97 Å². The number of aromatic nitrogens is 2. The van der Waals surface area contributed by atoms with Gasteiger partial charge in [0.15, 0.2) is 5.82 Å². The van der Waals surface area contributed by atoms with Crippen LogP contribution in [0.3, 0.4) is 0 Å². The molecule has 8 aromatic carbocycles. The van der Waals surface area contributed by atoms with Crippen LogP contribution in [0.5, 0.6) is 0 Å². The van der Waals surface area contributed by atoms with Crippen LogP contribution in [0.1, 0.15) is 25.0 Å². The molecule has 0 bridgehead atoms. The van der Waals surface area contributed by atoms with Crippen LogP contribution in [0.25, 0.3) is 89.2 Å². The highest BCUT2D eigenvalue weighted by Gasteiger charge is 2.37. The predicted octanol–water partition coefficient (Wildman–Crippen LogP) is 13.9. The molecular formula is C53H38N2. The first-order chi connectivity index (χ1) is 27.0. The second-order valence-corrected chi connectivity index (χ2v) is 15.0. The highest BCUT2D eigenvalue weighted by atomic mass is 14.9. The lowest BCUT2D eigenvalue weighted by Gasteiger charge is -2.21. The highest BCUT2D eigenvalue weighted by Crippen LogP contribution is 2.54. The molecule has 1 aliphatic carbocycles. The number of hydrogen-bond acceptors (Lipinski definition) is 2. The Bertz CT molecular complexity index is 2870. The summed E-state index contributed by atoms with van der Waals surface area (Å²) in [6.45, 7) is 4.72. The minimum absolute atomic E-state index is 0.0724. The fourth-order valence-electron chi connectivity index (χ4n) is 8.44. The van der Waals surface area contributed by atoms with Gasteiger partial charge in [0.2, 0.25) is 0 Å². The van der Waals surface area contributed by atoms with E-state index in [0.29, 0.717) is 5.82 Å². The molecule has 0 saturated carbocycles. The predicted molar refractivity (Wildman–Crippen MR) is 230 cm³/mol. The molecule has 0 atom stereocenters. The zero-order valence-corrected chi connectivity index (χ0v) is 30.9. The van der Waals surface area contributed by atoms with Gasteiger partial charge in [-0.05, 0) is 84.6 Å². The Balaban J connectivity index is 1.04. The zero-order chi connectivity index (χ0) is 36.9. The minimum atomic E-state index is -0.0724. The fourth-order valence-corrected chi connectivity index (χ4v) is 8.44. The summed E-state index contributed by atoms with van der Waals surface area (Å²) in [6.07, 6.45) is 0. The van der Waals surface area contributed by atoms with E-state index >= 15 is 0 Å². The van der Waals surface area contributed by atoms with Crippen molar-refractivity contribution in [1.29, 1.82) is 0 Å². The van der Waals surface area contributed by atoms with E-state index in [-0.39, 0.29) is 5.41 Å². The average molecular weight is 703 g/mol. The smallest absolute Gasteiger partial charge is 0.160 e. The molecule has 0 amide bonds. The van der Waals surface area contributed by atoms with Gasteiger partial charge in [0.1, 0.15) is 0 Å². The van der Waals surface area contributed by atoms with E-state index < -0.39 is 0 Å². The number of hydrogen-bond donors (Lipinski definition) is 0. The van der Waals surface area contributed by atoms with Crippen molar-refractivity contribution < 1.29 is 0 Å². The third-order valence-corrected chi connectivity index (χ3v) is 11.3. The van der Waals surface area contributed by atoms with Gasteiger partial charge in [-0.15, -0.1) is 0 Å². The Morgan fingerprint density at radius 2 is 0.873 bits per heavy atom. The van der Waals surface area contributed by atoms with Crippen molar-refractivity contribution in [1.82, 2.24) is 9.97 Å². The minimum Gasteiger partial charge on any atom is -0.228 e. The molecule has 55 heavy (non-hydrogen) atoms. The monoisotopic (exact) mass is 702 g/mol. The summed E-state index contributed by atoms with van der Waals surface area (Å²) >= 11 is 0. The van der Waals surface area contributed by atoms with Crippen LogP contribution in [0.4, 0.5) is 0 Å². The van der Waals surface area contributed by atoms with E-state index in [9.17, 15) is 0 Å². The molecule has 2 nitrogen and oxygen atoms in total. The summed E-state index contributed by atoms with van der Waals surface area (Å²) in [5.41, 5.74) is 17.4. The van der Waals surface area contributed by atoms with Crippen LogP contribution in [-0.2, 0) is 5.41 Å². The Labute approximate surface area is 322 Å². The Hall–Kier alpha value is -6.90. The molecule has 1 aromatic heterocycles. The maximum absolute atomic E-state index is 5.20. The molecule has 1 heterocycles. The molecule has 9 aromatic rings. The van der Waals surface area contributed by atoms with Crippen LogP contribution >= 0.6 is 0 Å². The molecule has 0 unspecified atom stereocenters. The SMILES string of the molecule is CC1(C)c2cccc(-c3ccc(-c4cccc(-c5cc(-c6ccccc6)nc(-c6cccc(-c7ccccc7)c6)n5)c4)cc3)c2-c2c1ccc1ccccc21. The Morgan fingerprint density at radius 1 is 0.345 bits per heavy atom. The van der Waals surface area contributed by atoms with Crippen LogP contribution < -0.4 is 0 Å². The Morgan fingerprint density at radius 3 is 1.62 bits per heavy atom. The molecule has 0 aliphatic heterocycles. The van der Waals surface area contributed by atoms with E-state index in [2.05, 4.69) is 196 Å². The van der Waals surface area contributed by atoms with Crippen LogP contribution in [0.2, 0.25) is 0 Å². The lowest BCUT2D eigenvalue weighted by molar-refractivity contribution is 0.661. The second-order valence-electron chi connectivity index (χ2n) is 15.0. The maximum atomic E-state index is 5.20. The summed E-state index contributed by atoms with van der Waals surface area (Å²) in [5, 5.41) is 2.60. The molecule has 0 fully saturated rings. The largest absolute Gasteiger partial charge is 0.228 e. The quantitative estimate of drug-likeness (QED) is 0.172. The third-order valence-electron chi connectivity index (χ3n) is 11.3. The van der Waals surface area contributed by atoms with Crippen molar-refractivity contribution in [2.75, 3.05) is 0 Å². The highest BCUT2D eigenvalue weighted by molar-refractivity contribution is 6.06. The van der Waals surface area contributed by atoms with E-state index in [1.54, 1.807) is 0 Å². The fraction of sp³-hybridized carbons (Fsp3) is 0.0566. The summed E-state index contributed by atoms with van der Waals surface area (Å²) < 4.78 is 0. The van der Waals surface area contributed by atoms with Gasteiger partial charge in [0.05, 0.1) is 11.4 Å². The number of fused-ring (bicyclic) bond motifs is 5. The molecular weight excluding hydrogens is 665 g/mol. The van der Waals surface area contributed by atoms with Crippen molar-refractivity contribution >= 4 is 10.8 Å². The van der Waals surface area contributed by atoms with Crippen molar-refractivity contribution in [2.24, 2.45) is 0 Å². The molecule has 1 aliphatic rings.